The number of methoxy groups -OCH3 is 2. The molecular formula is C32H34N2O7S. The number of carbonyl (C=O) groups excluding carboxylic acids is 2. The van der Waals surface area contributed by atoms with Crippen LogP contribution in [-0.4, -0.2) is 66.6 Å². The summed E-state index contributed by atoms with van der Waals surface area (Å²) in [5.74, 6) is -0.847. The minimum Gasteiger partial charge on any atom is -0.497 e. The lowest BCUT2D eigenvalue weighted by Crippen LogP contribution is -2.54. The maximum atomic E-state index is 14.0. The SMILES string of the molecule is COc1ccc([C@@H]2SC[C@@H](C(=O)O)N2C(=O)[C@H](NC(=O)OCC2c3ccccc3-c3ccccc32)C(C)C)c(OC)c1. The number of rotatable bonds is 9. The number of ether oxygens (including phenoxy) is 3. The fraction of sp³-hybridized carbons (Fsp3) is 0.344. The van der Waals surface area contributed by atoms with Crippen LogP contribution in [0.3, 0.4) is 0 Å². The van der Waals surface area contributed by atoms with Crippen LogP contribution >= 0.6 is 11.8 Å². The molecule has 0 bridgehead atoms. The first-order valence-electron chi connectivity index (χ1n) is 13.7. The zero-order valence-corrected chi connectivity index (χ0v) is 24.7. The van der Waals surface area contributed by atoms with Crippen LogP contribution in [0.25, 0.3) is 11.1 Å². The number of benzene rings is 3. The molecule has 5 rings (SSSR count). The monoisotopic (exact) mass is 590 g/mol. The molecule has 1 aliphatic carbocycles. The van der Waals surface area contributed by atoms with Crippen molar-refractivity contribution in [3.63, 3.8) is 0 Å². The summed E-state index contributed by atoms with van der Waals surface area (Å²) >= 11 is 1.33. The van der Waals surface area contributed by atoms with Crippen LogP contribution < -0.4 is 14.8 Å². The summed E-state index contributed by atoms with van der Waals surface area (Å²) < 4.78 is 16.6. The van der Waals surface area contributed by atoms with Gasteiger partial charge in [-0.3, -0.25) is 4.79 Å². The van der Waals surface area contributed by atoms with Gasteiger partial charge in [0.05, 0.1) is 14.2 Å². The lowest BCUT2D eigenvalue weighted by Gasteiger charge is -2.33. The number of alkyl carbamates (subject to hydrolysis) is 1. The number of amides is 2. The average molecular weight is 591 g/mol. The third-order valence-electron chi connectivity index (χ3n) is 7.80. The highest BCUT2D eigenvalue weighted by Crippen LogP contribution is 2.46. The van der Waals surface area contributed by atoms with Crippen molar-refractivity contribution >= 4 is 29.7 Å². The summed E-state index contributed by atoms with van der Waals surface area (Å²) in [5.41, 5.74) is 5.03. The van der Waals surface area contributed by atoms with E-state index in [9.17, 15) is 19.5 Å². The van der Waals surface area contributed by atoms with Gasteiger partial charge in [0, 0.05) is 23.3 Å². The fourth-order valence-electron chi connectivity index (χ4n) is 5.67. The molecule has 2 N–H and O–H groups in total. The smallest absolute Gasteiger partial charge is 0.407 e. The first-order valence-corrected chi connectivity index (χ1v) is 14.8. The Morgan fingerprint density at radius 2 is 1.60 bits per heavy atom. The molecule has 3 atom stereocenters. The van der Waals surface area contributed by atoms with Gasteiger partial charge < -0.3 is 29.5 Å². The van der Waals surface area contributed by atoms with Gasteiger partial charge in [-0.1, -0.05) is 62.4 Å². The largest absolute Gasteiger partial charge is 0.497 e. The van der Waals surface area contributed by atoms with Gasteiger partial charge in [0.15, 0.2) is 0 Å². The molecule has 1 fully saturated rings. The molecule has 42 heavy (non-hydrogen) atoms. The Morgan fingerprint density at radius 1 is 0.952 bits per heavy atom. The van der Waals surface area contributed by atoms with Gasteiger partial charge in [-0.05, 0) is 40.3 Å². The van der Waals surface area contributed by atoms with E-state index in [-0.39, 0.29) is 24.2 Å². The number of nitrogens with one attached hydrogen (secondary N) is 1. The van der Waals surface area contributed by atoms with Crippen LogP contribution in [0.5, 0.6) is 11.5 Å². The van der Waals surface area contributed by atoms with E-state index in [0.29, 0.717) is 17.1 Å². The van der Waals surface area contributed by atoms with E-state index in [1.165, 1.54) is 30.9 Å². The molecule has 1 heterocycles. The quantitative estimate of drug-likeness (QED) is 0.345. The van der Waals surface area contributed by atoms with Crippen molar-refractivity contribution in [1.29, 1.82) is 0 Å². The van der Waals surface area contributed by atoms with E-state index in [4.69, 9.17) is 14.2 Å². The number of nitrogens with zero attached hydrogens (tertiary/aromatic N) is 1. The molecule has 0 radical (unpaired) electrons. The van der Waals surface area contributed by atoms with E-state index in [2.05, 4.69) is 17.4 Å². The van der Waals surface area contributed by atoms with E-state index < -0.39 is 35.4 Å². The molecule has 10 heteroatoms. The summed E-state index contributed by atoms with van der Waals surface area (Å²) in [4.78, 5) is 40.8. The van der Waals surface area contributed by atoms with Crippen LogP contribution in [0.4, 0.5) is 4.79 Å². The molecule has 3 aromatic carbocycles. The van der Waals surface area contributed by atoms with Crippen LogP contribution in [0.2, 0.25) is 0 Å². The molecule has 2 amide bonds. The van der Waals surface area contributed by atoms with Gasteiger partial charge in [-0.15, -0.1) is 11.8 Å². The Morgan fingerprint density at radius 3 is 2.17 bits per heavy atom. The molecule has 3 aromatic rings. The molecule has 0 aromatic heterocycles. The zero-order valence-electron chi connectivity index (χ0n) is 23.9. The molecule has 220 valence electrons. The van der Waals surface area contributed by atoms with Crippen molar-refractivity contribution in [2.24, 2.45) is 5.92 Å². The first-order chi connectivity index (χ1) is 20.2. The average Bonchev–Trinajstić information content (AvgIpc) is 3.58. The van der Waals surface area contributed by atoms with E-state index in [1.807, 2.05) is 36.4 Å². The van der Waals surface area contributed by atoms with Crippen molar-refractivity contribution < 1.29 is 33.7 Å². The third kappa shape index (κ3) is 5.51. The van der Waals surface area contributed by atoms with Crippen LogP contribution in [0.1, 0.15) is 41.8 Å². The predicted octanol–water partition coefficient (Wildman–Crippen LogP) is 5.29. The van der Waals surface area contributed by atoms with Gasteiger partial charge in [0.2, 0.25) is 5.91 Å². The topological polar surface area (TPSA) is 114 Å². The lowest BCUT2D eigenvalue weighted by atomic mass is 9.98. The van der Waals surface area contributed by atoms with Crippen molar-refractivity contribution in [3.05, 3.63) is 83.4 Å². The van der Waals surface area contributed by atoms with Gasteiger partial charge in [-0.25, -0.2) is 9.59 Å². The predicted molar refractivity (Wildman–Crippen MR) is 160 cm³/mol. The van der Waals surface area contributed by atoms with Gasteiger partial charge in [0.25, 0.3) is 0 Å². The van der Waals surface area contributed by atoms with E-state index in [1.54, 1.807) is 32.0 Å². The molecule has 0 unspecified atom stereocenters. The Balaban J connectivity index is 1.35. The van der Waals surface area contributed by atoms with Gasteiger partial charge in [-0.2, -0.15) is 0 Å². The summed E-state index contributed by atoms with van der Waals surface area (Å²) in [5, 5.41) is 12.1. The number of thioether (sulfide) groups is 1. The second-order valence-corrected chi connectivity index (χ2v) is 11.7. The first kappa shape index (κ1) is 29.3. The number of hydrogen-bond acceptors (Lipinski definition) is 7. The standard InChI is InChI=1S/C32H34N2O7S/c1-18(2)28(33-32(38)41-16-25-22-11-7-5-9-20(22)21-10-6-8-12-23(21)25)29(35)34-26(31(36)37)17-42-30(34)24-14-13-19(39-3)15-27(24)40-4/h5-15,18,25-26,28,30H,16-17H2,1-4H3,(H,33,38)(H,36,37)/t26-,28+,30-/m0/s1. The highest BCUT2D eigenvalue weighted by Gasteiger charge is 2.46. The third-order valence-corrected chi connectivity index (χ3v) is 9.10. The van der Waals surface area contributed by atoms with E-state index >= 15 is 0 Å². The Kier molecular flexibility index (Phi) is 8.63. The fourth-order valence-corrected chi connectivity index (χ4v) is 7.12. The summed E-state index contributed by atoms with van der Waals surface area (Å²) in [6, 6.07) is 19.2. The zero-order chi connectivity index (χ0) is 30.0. The number of fused-ring (bicyclic) bond motifs is 3. The summed E-state index contributed by atoms with van der Waals surface area (Å²) in [7, 11) is 3.05. The molecule has 2 aliphatic rings. The van der Waals surface area contributed by atoms with Crippen LogP contribution in [0.15, 0.2) is 66.7 Å². The van der Waals surface area contributed by atoms with Crippen LogP contribution in [0, 0.1) is 5.92 Å². The van der Waals surface area contributed by atoms with Crippen molar-refractivity contribution in [2.75, 3.05) is 26.6 Å². The Labute approximate surface area is 249 Å². The Bertz CT molecular complexity index is 1450. The van der Waals surface area contributed by atoms with Gasteiger partial charge >= 0.3 is 12.1 Å². The molecular weight excluding hydrogens is 556 g/mol. The molecule has 1 aliphatic heterocycles. The lowest BCUT2D eigenvalue weighted by molar-refractivity contribution is -0.150. The Hall–Kier alpha value is -4.18. The van der Waals surface area contributed by atoms with E-state index in [0.717, 1.165) is 22.3 Å². The summed E-state index contributed by atoms with van der Waals surface area (Å²) in [6.45, 7) is 3.70. The van der Waals surface area contributed by atoms with Crippen molar-refractivity contribution in [3.8, 4) is 22.6 Å². The van der Waals surface area contributed by atoms with Crippen molar-refractivity contribution in [1.82, 2.24) is 10.2 Å². The van der Waals surface area contributed by atoms with Crippen molar-refractivity contribution in [2.45, 2.75) is 37.2 Å². The minimum absolute atomic E-state index is 0.0991. The molecule has 9 nitrogen and oxygen atoms in total. The molecule has 0 spiro atoms. The van der Waals surface area contributed by atoms with Crippen LogP contribution in [-0.2, 0) is 14.3 Å². The number of carboxylic acids is 1. The maximum absolute atomic E-state index is 14.0. The molecule has 0 saturated carbocycles. The number of aliphatic carboxylic acids is 1. The normalized spacial score (nSPS) is 18.3. The number of carboxylic acid groups (broad SMARTS) is 1. The minimum atomic E-state index is -1.12. The molecule has 1 saturated heterocycles. The second kappa shape index (κ2) is 12.4. The van der Waals surface area contributed by atoms with Gasteiger partial charge in [0.1, 0.15) is 35.6 Å². The second-order valence-electron chi connectivity index (χ2n) is 10.6. The maximum Gasteiger partial charge on any atom is 0.407 e. The highest BCUT2D eigenvalue weighted by atomic mass is 32.2. The summed E-state index contributed by atoms with van der Waals surface area (Å²) in [6.07, 6.45) is -0.735. The highest BCUT2D eigenvalue weighted by molar-refractivity contribution is 7.99. The number of hydrogen-bond donors (Lipinski definition) is 2. The number of carbonyl (C=O) groups is 3.